The summed E-state index contributed by atoms with van der Waals surface area (Å²) < 4.78 is 0. The predicted octanol–water partition coefficient (Wildman–Crippen LogP) is 4.06. The largest absolute Gasteiger partial charge is 0.508 e. The van der Waals surface area contributed by atoms with Crippen molar-refractivity contribution in [1.29, 1.82) is 0 Å². The standard InChI is InChI=1S/C15H18O/c1-9-10(2)15-6-5-12(16)11(8-15)7-13(15)14(9,3)4/h5-7,16H,8H2,1-4H3. The minimum Gasteiger partial charge on any atom is -0.508 e. The lowest BCUT2D eigenvalue weighted by atomic mass is 9.72. The highest BCUT2D eigenvalue weighted by atomic mass is 16.3. The Labute approximate surface area is 96.9 Å². The molecule has 0 saturated heterocycles. The molecule has 1 nitrogen and oxygen atoms in total. The molecule has 1 spiro atoms. The SMILES string of the molecule is CC1=C(C)C23C=CC(O)=C(C=C2C1(C)C)C3. The number of hydrogen-bond acceptors (Lipinski definition) is 1. The summed E-state index contributed by atoms with van der Waals surface area (Å²) in [5.74, 6) is 0.453. The molecule has 0 aromatic rings. The van der Waals surface area contributed by atoms with Gasteiger partial charge in [0, 0.05) is 10.8 Å². The van der Waals surface area contributed by atoms with E-state index in [2.05, 4.69) is 39.8 Å². The molecule has 0 heterocycles. The van der Waals surface area contributed by atoms with E-state index < -0.39 is 0 Å². The van der Waals surface area contributed by atoms with Gasteiger partial charge in [0.1, 0.15) is 5.76 Å². The zero-order valence-electron chi connectivity index (χ0n) is 10.4. The van der Waals surface area contributed by atoms with Gasteiger partial charge in [-0.3, -0.25) is 0 Å². The van der Waals surface area contributed by atoms with Crippen molar-refractivity contribution < 1.29 is 5.11 Å². The van der Waals surface area contributed by atoms with Crippen molar-refractivity contribution in [3.05, 3.63) is 46.3 Å². The minimum absolute atomic E-state index is 0.0924. The fraction of sp³-hybridized carbons (Fsp3) is 0.467. The average molecular weight is 214 g/mol. The van der Waals surface area contributed by atoms with E-state index in [-0.39, 0.29) is 10.8 Å². The Hall–Kier alpha value is -1.24. The maximum atomic E-state index is 9.80. The van der Waals surface area contributed by atoms with E-state index in [0.717, 1.165) is 12.0 Å². The molecule has 3 aliphatic rings. The lowest BCUT2D eigenvalue weighted by Crippen LogP contribution is -2.21. The first-order valence-electron chi connectivity index (χ1n) is 5.92. The molecule has 16 heavy (non-hydrogen) atoms. The molecular formula is C15H18O. The van der Waals surface area contributed by atoms with Crippen molar-refractivity contribution >= 4 is 0 Å². The van der Waals surface area contributed by atoms with Crippen molar-refractivity contribution in [3.8, 4) is 0 Å². The molecule has 0 aromatic carbocycles. The van der Waals surface area contributed by atoms with Crippen LogP contribution in [0.4, 0.5) is 0 Å². The van der Waals surface area contributed by atoms with Crippen molar-refractivity contribution in [3.63, 3.8) is 0 Å². The van der Waals surface area contributed by atoms with E-state index in [1.54, 1.807) is 0 Å². The van der Waals surface area contributed by atoms with Crippen LogP contribution < -0.4 is 0 Å². The van der Waals surface area contributed by atoms with Crippen LogP contribution in [-0.2, 0) is 0 Å². The summed E-state index contributed by atoms with van der Waals surface area (Å²) >= 11 is 0. The van der Waals surface area contributed by atoms with Crippen molar-refractivity contribution in [1.82, 2.24) is 0 Å². The fourth-order valence-electron chi connectivity index (χ4n) is 3.59. The van der Waals surface area contributed by atoms with Crippen molar-refractivity contribution in [2.24, 2.45) is 10.8 Å². The van der Waals surface area contributed by atoms with Gasteiger partial charge in [-0.05, 0) is 37.5 Å². The predicted molar refractivity (Wildman–Crippen MR) is 66.1 cm³/mol. The van der Waals surface area contributed by atoms with Crippen LogP contribution in [0.15, 0.2) is 46.3 Å². The normalized spacial score (nSPS) is 34.6. The molecule has 3 rings (SSSR count). The van der Waals surface area contributed by atoms with E-state index in [1.807, 2.05) is 6.08 Å². The summed E-state index contributed by atoms with van der Waals surface area (Å²) in [7, 11) is 0. The molecule has 1 atom stereocenters. The zero-order valence-corrected chi connectivity index (χ0v) is 10.4. The maximum absolute atomic E-state index is 9.80. The Morgan fingerprint density at radius 3 is 2.56 bits per heavy atom. The summed E-state index contributed by atoms with van der Waals surface area (Å²) in [6, 6.07) is 0. The van der Waals surface area contributed by atoms with Gasteiger partial charge in [0.25, 0.3) is 0 Å². The van der Waals surface area contributed by atoms with Gasteiger partial charge >= 0.3 is 0 Å². The quantitative estimate of drug-likeness (QED) is 0.603. The van der Waals surface area contributed by atoms with Crippen LogP contribution >= 0.6 is 0 Å². The highest BCUT2D eigenvalue weighted by Gasteiger charge is 2.53. The summed E-state index contributed by atoms with van der Waals surface area (Å²) in [4.78, 5) is 0. The molecule has 84 valence electrons. The van der Waals surface area contributed by atoms with Crippen LogP contribution in [0.2, 0.25) is 0 Å². The zero-order chi connectivity index (χ0) is 11.7. The van der Waals surface area contributed by atoms with Crippen LogP contribution in [-0.4, -0.2) is 5.11 Å². The minimum atomic E-state index is 0.0924. The molecule has 3 aliphatic carbocycles. The molecule has 0 aromatic heterocycles. The van der Waals surface area contributed by atoms with Crippen LogP contribution in [0.5, 0.6) is 0 Å². The Kier molecular flexibility index (Phi) is 1.57. The Balaban J connectivity index is 2.30. The smallest absolute Gasteiger partial charge is 0.118 e. The Bertz CT molecular complexity index is 512. The highest BCUT2D eigenvalue weighted by molar-refractivity contribution is 5.62. The topological polar surface area (TPSA) is 20.2 Å². The molecule has 2 bridgehead atoms. The second-order valence-corrected chi connectivity index (χ2v) is 5.82. The summed E-state index contributed by atoms with van der Waals surface area (Å²) in [5.41, 5.74) is 5.77. The molecular weight excluding hydrogens is 196 g/mol. The number of aliphatic hydroxyl groups is 1. The first kappa shape index (κ1) is 9.95. The van der Waals surface area contributed by atoms with E-state index in [9.17, 15) is 5.11 Å². The summed E-state index contributed by atoms with van der Waals surface area (Å²) in [6.45, 7) is 9.07. The van der Waals surface area contributed by atoms with Gasteiger partial charge < -0.3 is 5.11 Å². The number of rotatable bonds is 0. The summed E-state index contributed by atoms with van der Waals surface area (Å²) in [6.07, 6.45) is 7.24. The van der Waals surface area contributed by atoms with Crippen LogP contribution in [0, 0.1) is 10.8 Å². The molecule has 0 saturated carbocycles. The molecule has 1 unspecified atom stereocenters. The van der Waals surface area contributed by atoms with Gasteiger partial charge in [-0.25, -0.2) is 0 Å². The lowest BCUT2D eigenvalue weighted by Gasteiger charge is -2.31. The van der Waals surface area contributed by atoms with E-state index in [1.165, 1.54) is 16.7 Å². The maximum Gasteiger partial charge on any atom is 0.118 e. The van der Waals surface area contributed by atoms with E-state index in [0.29, 0.717) is 5.76 Å². The third kappa shape index (κ3) is 0.843. The van der Waals surface area contributed by atoms with Gasteiger partial charge in [-0.15, -0.1) is 0 Å². The second kappa shape index (κ2) is 2.53. The molecule has 0 radical (unpaired) electrons. The molecule has 0 fully saturated rings. The average Bonchev–Trinajstić information content (AvgIpc) is 2.64. The third-order valence-electron chi connectivity index (χ3n) is 4.97. The highest BCUT2D eigenvalue weighted by Crippen LogP contribution is 2.64. The van der Waals surface area contributed by atoms with Crippen LogP contribution in [0.1, 0.15) is 34.1 Å². The van der Waals surface area contributed by atoms with Gasteiger partial charge in [0.05, 0.1) is 0 Å². The fourth-order valence-corrected chi connectivity index (χ4v) is 3.59. The van der Waals surface area contributed by atoms with Gasteiger partial charge in [0.15, 0.2) is 0 Å². The number of aliphatic hydroxyl groups excluding tert-OH is 1. The summed E-state index contributed by atoms with van der Waals surface area (Å²) in [5, 5.41) is 9.80. The van der Waals surface area contributed by atoms with Gasteiger partial charge in [0.2, 0.25) is 0 Å². The van der Waals surface area contributed by atoms with Gasteiger partial charge in [-0.2, -0.15) is 0 Å². The Morgan fingerprint density at radius 1 is 1.19 bits per heavy atom. The molecule has 0 aliphatic heterocycles. The second-order valence-electron chi connectivity index (χ2n) is 5.82. The first-order chi connectivity index (χ1) is 7.39. The monoisotopic (exact) mass is 214 g/mol. The molecule has 1 N–H and O–H groups in total. The Morgan fingerprint density at radius 2 is 1.88 bits per heavy atom. The van der Waals surface area contributed by atoms with Crippen molar-refractivity contribution in [2.45, 2.75) is 34.1 Å². The van der Waals surface area contributed by atoms with E-state index >= 15 is 0 Å². The number of hydrogen-bond donors (Lipinski definition) is 1. The first-order valence-corrected chi connectivity index (χ1v) is 5.92. The molecule has 0 amide bonds. The van der Waals surface area contributed by atoms with E-state index in [4.69, 9.17) is 0 Å². The van der Waals surface area contributed by atoms with Gasteiger partial charge in [-0.1, -0.05) is 37.1 Å². The van der Waals surface area contributed by atoms with Crippen LogP contribution in [0.3, 0.4) is 0 Å². The number of allylic oxidation sites excluding steroid dienone is 7. The lowest BCUT2D eigenvalue weighted by molar-refractivity contribution is 0.408. The third-order valence-corrected chi connectivity index (χ3v) is 4.97. The van der Waals surface area contributed by atoms with Crippen LogP contribution in [0.25, 0.3) is 0 Å². The van der Waals surface area contributed by atoms with Crippen molar-refractivity contribution in [2.75, 3.05) is 0 Å². The number of fused-ring (bicyclic) bond motifs is 1. The molecule has 1 heteroatoms.